The summed E-state index contributed by atoms with van der Waals surface area (Å²) >= 11 is 0. The van der Waals surface area contributed by atoms with Crippen molar-refractivity contribution in [2.24, 2.45) is 17.1 Å². The molecule has 1 fully saturated rings. The first-order valence-electron chi connectivity index (χ1n) is 7.48. The van der Waals surface area contributed by atoms with Crippen LogP contribution >= 0.6 is 0 Å². The third-order valence-corrected chi connectivity index (χ3v) is 5.10. The summed E-state index contributed by atoms with van der Waals surface area (Å²) in [5.74, 6) is 1.50. The molecule has 1 aliphatic rings. The van der Waals surface area contributed by atoms with E-state index in [9.17, 15) is 5.11 Å². The Morgan fingerprint density at radius 3 is 2.50 bits per heavy atom. The maximum atomic E-state index is 11.1. The molecule has 1 saturated carbocycles. The quantitative estimate of drug-likeness (QED) is 0.870. The van der Waals surface area contributed by atoms with E-state index in [1.54, 1.807) is 7.11 Å². The highest BCUT2D eigenvalue weighted by molar-refractivity contribution is 5.28. The second-order valence-corrected chi connectivity index (χ2v) is 6.63. The molecule has 1 aromatic carbocycles. The SMILES string of the molecule is COc1ccc(CC(C)(O)C2(CN)CCC(C)C2)cc1. The zero-order valence-corrected chi connectivity index (χ0v) is 12.9. The zero-order chi connectivity index (χ0) is 14.8. The first-order valence-corrected chi connectivity index (χ1v) is 7.48. The van der Waals surface area contributed by atoms with E-state index in [1.165, 1.54) is 0 Å². The Kier molecular flexibility index (Phi) is 4.40. The molecule has 0 heterocycles. The van der Waals surface area contributed by atoms with E-state index in [0.29, 0.717) is 18.9 Å². The van der Waals surface area contributed by atoms with Gasteiger partial charge in [-0.3, -0.25) is 0 Å². The fraction of sp³-hybridized carbons (Fsp3) is 0.647. The number of ether oxygens (including phenoxy) is 1. The Morgan fingerprint density at radius 2 is 2.05 bits per heavy atom. The third-order valence-electron chi connectivity index (χ3n) is 5.10. The second-order valence-electron chi connectivity index (χ2n) is 6.63. The molecule has 2 rings (SSSR count). The number of aliphatic hydroxyl groups is 1. The Hall–Kier alpha value is -1.06. The van der Waals surface area contributed by atoms with Crippen LogP contribution < -0.4 is 10.5 Å². The van der Waals surface area contributed by atoms with Crippen molar-refractivity contribution in [2.45, 2.75) is 45.1 Å². The maximum Gasteiger partial charge on any atom is 0.118 e. The average molecular weight is 277 g/mol. The molecule has 3 heteroatoms. The predicted octanol–water partition coefficient (Wildman–Crippen LogP) is 2.75. The van der Waals surface area contributed by atoms with Crippen LogP contribution in [0.15, 0.2) is 24.3 Å². The topological polar surface area (TPSA) is 55.5 Å². The highest BCUT2D eigenvalue weighted by atomic mass is 16.5. The minimum absolute atomic E-state index is 0.146. The van der Waals surface area contributed by atoms with Crippen LogP contribution in [0.1, 0.15) is 38.7 Å². The van der Waals surface area contributed by atoms with E-state index in [-0.39, 0.29) is 5.41 Å². The van der Waals surface area contributed by atoms with E-state index >= 15 is 0 Å². The lowest BCUT2D eigenvalue weighted by Crippen LogP contribution is -2.50. The van der Waals surface area contributed by atoms with Crippen molar-refractivity contribution in [3.63, 3.8) is 0 Å². The monoisotopic (exact) mass is 277 g/mol. The third kappa shape index (κ3) is 2.84. The highest BCUT2D eigenvalue weighted by Gasteiger charge is 2.49. The molecule has 1 aromatic rings. The second kappa shape index (κ2) is 5.74. The molecule has 0 aromatic heterocycles. The van der Waals surface area contributed by atoms with Crippen molar-refractivity contribution in [3.05, 3.63) is 29.8 Å². The van der Waals surface area contributed by atoms with Gasteiger partial charge in [-0.05, 0) is 43.4 Å². The molecule has 112 valence electrons. The molecule has 3 atom stereocenters. The van der Waals surface area contributed by atoms with E-state index in [2.05, 4.69) is 6.92 Å². The van der Waals surface area contributed by atoms with Crippen LogP contribution in [0.3, 0.4) is 0 Å². The molecule has 3 N–H and O–H groups in total. The highest BCUT2D eigenvalue weighted by Crippen LogP contribution is 2.49. The number of hydrogen-bond acceptors (Lipinski definition) is 3. The molecule has 0 radical (unpaired) electrons. The first-order chi connectivity index (χ1) is 9.42. The Morgan fingerprint density at radius 1 is 1.40 bits per heavy atom. The summed E-state index contributed by atoms with van der Waals surface area (Å²) in [6.45, 7) is 4.75. The van der Waals surface area contributed by atoms with Gasteiger partial charge in [0.15, 0.2) is 0 Å². The average Bonchev–Trinajstić information content (AvgIpc) is 2.83. The van der Waals surface area contributed by atoms with Crippen LogP contribution in [-0.4, -0.2) is 24.4 Å². The van der Waals surface area contributed by atoms with Gasteiger partial charge >= 0.3 is 0 Å². The molecule has 0 bridgehead atoms. The number of nitrogens with two attached hydrogens (primary N) is 1. The predicted molar refractivity (Wildman–Crippen MR) is 81.8 cm³/mol. The van der Waals surface area contributed by atoms with Crippen LogP contribution in [-0.2, 0) is 6.42 Å². The lowest BCUT2D eigenvalue weighted by Gasteiger charge is -2.42. The Balaban J connectivity index is 2.16. The summed E-state index contributed by atoms with van der Waals surface area (Å²) in [4.78, 5) is 0. The smallest absolute Gasteiger partial charge is 0.118 e. The normalized spacial score (nSPS) is 29.1. The van der Waals surface area contributed by atoms with Crippen LogP contribution in [0.2, 0.25) is 0 Å². The number of benzene rings is 1. The standard InChI is InChI=1S/C17H27NO2/c1-13-8-9-17(10-13,12-18)16(2,19)11-14-4-6-15(20-3)7-5-14/h4-7,13,19H,8-12,18H2,1-3H3. The minimum atomic E-state index is -0.763. The van der Waals surface area contributed by atoms with Gasteiger partial charge in [-0.15, -0.1) is 0 Å². The van der Waals surface area contributed by atoms with Gasteiger partial charge in [-0.25, -0.2) is 0 Å². The van der Waals surface area contributed by atoms with E-state index in [1.807, 2.05) is 31.2 Å². The van der Waals surface area contributed by atoms with Crippen molar-refractivity contribution in [1.29, 1.82) is 0 Å². The number of hydrogen-bond donors (Lipinski definition) is 2. The Labute approximate surface area is 122 Å². The fourth-order valence-electron chi connectivity index (χ4n) is 3.62. The summed E-state index contributed by atoms with van der Waals surface area (Å²) in [5.41, 5.74) is 6.26. The largest absolute Gasteiger partial charge is 0.497 e. The van der Waals surface area contributed by atoms with Gasteiger partial charge < -0.3 is 15.6 Å². The van der Waals surface area contributed by atoms with E-state index in [4.69, 9.17) is 10.5 Å². The van der Waals surface area contributed by atoms with Crippen molar-refractivity contribution in [1.82, 2.24) is 0 Å². The van der Waals surface area contributed by atoms with Crippen molar-refractivity contribution in [2.75, 3.05) is 13.7 Å². The van der Waals surface area contributed by atoms with Gasteiger partial charge in [-0.2, -0.15) is 0 Å². The molecular weight excluding hydrogens is 250 g/mol. The van der Waals surface area contributed by atoms with Crippen LogP contribution in [0.25, 0.3) is 0 Å². The molecular formula is C17H27NO2. The summed E-state index contributed by atoms with van der Waals surface area (Å²) in [7, 11) is 1.66. The minimum Gasteiger partial charge on any atom is -0.497 e. The van der Waals surface area contributed by atoms with E-state index < -0.39 is 5.60 Å². The first kappa shape index (κ1) is 15.3. The molecule has 20 heavy (non-hydrogen) atoms. The van der Waals surface area contributed by atoms with Crippen molar-refractivity contribution < 1.29 is 9.84 Å². The van der Waals surface area contributed by atoms with Gasteiger partial charge in [0.1, 0.15) is 5.75 Å². The summed E-state index contributed by atoms with van der Waals surface area (Å²) < 4.78 is 5.17. The van der Waals surface area contributed by atoms with E-state index in [0.717, 1.165) is 30.6 Å². The fourth-order valence-corrected chi connectivity index (χ4v) is 3.62. The van der Waals surface area contributed by atoms with Crippen LogP contribution in [0.4, 0.5) is 0 Å². The van der Waals surface area contributed by atoms with Gasteiger partial charge in [0, 0.05) is 18.4 Å². The molecule has 3 nitrogen and oxygen atoms in total. The summed E-state index contributed by atoms with van der Waals surface area (Å²) in [6.07, 6.45) is 3.84. The van der Waals surface area contributed by atoms with Gasteiger partial charge in [0.05, 0.1) is 12.7 Å². The van der Waals surface area contributed by atoms with Crippen LogP contribution in [0.5, 0.6) is 5.75 Å². The zero-order valence-electron chi connectivity index (χ0n) is 12.9. The number of rotatable bonds is 5. The van der Waals surface area contributed by atoms with Gasteiger partial charge in [-0.1, -0.05) is 25.5 Å². The summed E-state index contributed by atoms with van der Waals surface area (Å²) in [6, 6.07) is 7.93. The lowest BCUT2D eigenvalue weighted by molar-refractivity contribution is -0.0643. The molecule has 1 aliphatic carbocycles. The molecule has 3 unspecified atom stereocenters. The van der Waals surface area contributed by atoms with Crippen molar-refractivity contribution >= 4 is 0 Å². The van der Waals surface area contributed by atoms with Crippen LogP contribution in [0, 0.1) is 11.3 Å². The summed E-state index contributed by atoms with van der Waals surface area (Å²) in [5, 5.41) is 11.1. The van der Waals surface area contributed by atoms with Gasteiger partial charge in [0.25, 0.3) is 0 Å². The molecule has 0 saturated heterocycles. The maximum absolute atomic E-state index is 11.1. The molecule has 0 aliphatic heterocycles. The molecule has 0 amide bonds. The Bertz CT molecular complexity index is 441. The molecule has 0 spiro atoms. The van der Waals surface area contributed by atoms with Gasteiger partial charge in [0.2, 0.25) is 0 Å². The van der Waals surface area contributed by atoms with Crippen molar-refractivity contribution in [3.8, 4) is 5.75 Å². The number of methoxy groups -OCH3 is 1. The lowest BCUT2D eigenvalue weighted by atomic mass is 9.68.